The fraction of sp³-hybridized carbons (Fsp3) is 0.375. The number of hydrogen-bond donors (Lipinski definition) is 1. The van der Waals surface area contributed by atoms with Gasteiger partial charge in [-0.05, 0) is 54.5 Å². The van der Waals surface area contributed by atoms with E-state index in [1.807, 2.05) is 31.2 Å². The van der Waals surface area contributed by atoms with Gasteiger partial charge in [0.1, 0.15) is 0 Å². The Labute approximate surface area is 197 Å². The van der Waals surface area contributed by atoms with E-state index in [1.54, 1.807) is 24.3 Å². The summed E-state index contributed by atoms with van der Waals surface area (Å²) in [7, 11) is 0. The number of imide groups is 1. The summed E-state index contributed by atoms with van der Waals surface area (Å²) in [6, 6.07) is 14.5. The molecule has 1 aliphatic heterocycles. The Morgan fingerprint density at radius 1 is 1.00 bits per heavy atom. The quantitative estimate of drug-likeness (QED) is 0.444. The van der Waals surface area contributed by atoms with Gasteiger partial charge in [-0.2, -0.15) is 0 Å². The summed E-state index contributed by atoms with van der Waals surface area (Å²) in [4.78, 5) is 41.1. The lowest BCUT2D eigenvalue weighted by Gasteiger charge is -2.28. The third-order valence-electron chi connectivity index (χ3n) is 7.00. The number of para-hydroxylation sites is 1. The van der Waals surface area contributed by atoms with Crippen LogP contribution in [0, 0.1) is 23.7 Å². The van der Waals surface area contributed by atoms with Gasteiger partial charge in [0.05, 0.1) is 17.5 Å². The highest BCUT2D eigenvalue weighted by molar-refractivity contribution is 9.12. The standard InChI is InChI=1S/C24H22Br2N2O3/c1-2-12-6-3-4-9-17(12)27-22(29)13-7-5-8-14(10-13)28-23(30)18-15-11-16(19(18)24(28)31)21(26)20(15)25/h3-10,15-16,18-21H,2,11H2,1H3,(H,27,29)/t15-,16-,18-,19-,20-,21+/m1/s1. The van der Waals surface area contributed by atoms with Crippen LogP contribution in [0.5, 0.6) is 0 Å². The summed E-state index contributed by atoms with van der Waals surface area (Å²) in [6.45, 7) is 2.04. The number of hydrogen-bond acceptors (Lipinski definition) is 3. The van der Waals surface area contributed by atoms with Crippen molar-refractivity contribution >= 4 is 61.0 Å². The fourth-order valence-corrected chi connectivity index (χ4v) is 7.41. The normalized spacial score (nSPS) is 31.3. The highest BCUT2D eigenvalue weighted by Gasteiger charge is 2.66. The lowest BCUT2D eigenvalue weighted by atomic mass is 9.81. The van der Waals surface area contributed by atoms with Gasteiger partial charge in [-0.3, -0.25) is 19.3 Å². The molecule has 3 amide bonds. The van der Waals surface area contributed by atoms with E-state index in [-0.39, 0.29) is 51.0 Å². The molecule has 1 heterocycles. The van der Waals surface area contributed by atoms with E-state index < -0.39 is 0 Å². The first kappa shape index (κ1) is 20.9. The van der Waals surface area contributed by atoms with Gasteiger partial charge in [0.15, 0.2) is 0 Å². The maximum absolute atomic E-state index is 13.3. The van der Waals surface area contributed by atoms with Gasteiger partial charge < -0.3 is 5.32 Å². The minimum atomic E-state index is -0.274. The average Bonchev–Trinajstić information content (AvgIpc) is 3.39. The number of amides is 3. The third-order valence-corrected chi connectivity index (χ3v) is 10.2. The van der Waals surface area contributed by atoms with Crippen LogP contribution in [0.3, 0.4) is 0 Å². The number of nitrogens with one attached hydrogen (secondary N) is 1. The molecular weight excluding hydrogens is 524 g/mol. The van der Waals surface area contributed by atoms with E-state index in [1.165, 1.54) is 4.90 Å². The summed E-state index contributed by atoms with van der Waals surface area (Å²) < 4.78 is 0. The van der Waals surface area contributed by atoms with Crippen LogP contribution in [0.4, 0.5) is 11.4 Å². The van der Waals surface area contributed by atoms with Gasteiger partial charge in [-0.15, -0.1) is 0 Å². The summed E-state index contributed by atoms with van der Waals surface area (Å²) in [5, 5.41) is 2.95. The molecule has 2 saturated carbocycles. The Bertz CT molecular complexity index is 1060. The first-order chi connectivity index (χ1) is 14.9. The predicted molar refractivity (Wildman–Crippen MR) is 127 cm³/mol. The van der Waals surface area contributed by atoms with Crippen molar-refractivity contribution in [3.8, 4) is 0 Å². The molecule has 2 aliphatic carbocycles. The Hall–Kier alpha value is -1.99. The highest BCUT2D eigenvalue weighted by atomic mass is 79.9. The molecule has 1 saturated heterocycles. The molecule has 2 bridgehead atoms. The maximum Gasteiger partial charge on any atom is 0.255 e. The molecule has 5 nitrogen and oxygen atoms in total. The second-order valence-electron chi connectivity index (χ2n) is 8.53. The van der Waals surface area contributed by atoms with E-state index in [0.717, 1.165) is 24.1 Å². The molecule has 1 N–H and O–H groups in total. The number of rotatable bonds is 4. The number of nitrogens with zero attached hydrogens (tertiary/aromatic N) is 1. The van der Waals surface area contributed by atoms with Crippen LogP contribution in [0.2, 0.25) is 0 Å². The zero-order valence-electron chi connectivity index (χ0n) is 16.9. The zero-order valence-corrected chi connectivity index (χ0v) is 20.1. The van der Waals surface area contributed by atoms with Crippen LogP contribution < -0.4 is 10.2 Å². The molecule has 3 fully saturated rings. The number of anilines is 2. The van der Waals surface area contributed by atoms with E-state index in [9.17, 15) is 14.4 Å². The number of carbonyl (C=O) groups excluding carboxylic acids is 3. The number of fused-ring (bicyclic) bond motifs is 5. The van der Waals surface area contributed by atoms with Crippen molar-refractivity contribution in [2.75, 3.05) is 10.2 Å². The minimum absolute atomic E-state index is 0.139. The van der Waals surface area contributed by atoms with Crippen LogP contribution in [0.1, 0.15) is 29.3 Å². The van der Waals surface area contributed by atoms with E-state index >= 15 is 0 Å². The van der Waals surface area contributed by atoms with Crippen LogP contribution in [-0.4, -0.2) is 27.4 Å². The molecule has 7 heteroatoms. The zero-order chi connectivity index (χ0) is 21.9. The summed E-state index contributed by atoms with van der Waals surface area (Å²) in [5.74, 6) is -0.756. The third kappa shape index (κ3) is 3.20. The maximum atomic E-state index is 13.3. The first-order valence-corrected chi connectivity index (χ1v) is 12.4. The largest absolute Gasteiger partial charge is 0.322 e. The SMILES string of the molecule is CCc1ccccc1NC(=O)c1cccc(N2C(=O)[C@@H]3[C@H]4C[C@@H]([C@@H](Br)[C@H]4Br)[C@H]3C2=O)c1. The van der Waals surface area contributed by atoms with Crippen molar-refractivity contribution in [2.45, 2.75) is 29.4 Å². The Kier molecular flexibility index (Phi) is 5.29. The van der Waals surface area contributed by atoms with E-state index in [4.69, 9.17) is 0 Å². The van der Waals surface area contributed by atoms with Gasteiger partial charge in [0, 0.05) is 20.9 Å². The molecule has 0 unspecified atom stereocenters. The highest BCUT2D eigenvalue weighted by Crippen LogP contribution is 2.60. The van der Waals surface area contributed by atoms with Crippen molar-refractivity contribution in [3.63, 3.8) is 0 Å². The predicted octanol–water partition coefficient (Wildman–Crippen LogP) is 4.78. The van der Waals surface area contributed by atoms with Gasteiger partial charge in [-0.1, -0.05) is 63.0 Å². The molecular formula is C24H22Br2N2O3. The Morgan fingerprint density at radius 2 is 1.65 bits per heavy atom. The van der Waals surface area contributed by atoms with E-state index in [2.05, 4.69) is 37.2 Å². The smallest absolute Gasteiger partial charge is 0.255 e. The molecule has 160 valence electrons. The lowest BCUT2D eigenvalue weighted by Crippen LogP contribution is -2.37. The number of carbonyl (C=O) groups is 3. The second kappa shape index (κ2) is 7.85. The van der Waals surface area contributed by atoms with Crippen LogP contribution in [-0.2, 0) is 16.0 Å². The first-order valence-electron chi connectivity index (χ1n) is 10.6. The number of benzene rings is 2. The van der Waals surface area contributed by atoms with Crippen molar-refractivity contribution in [2.24, 2.45) is 23.7 Å². The Balaban J connectivity index is 1.41. The van der Waals surface area contributed by atoms with Gasteiger partial charge in [0.2, 0.25) is 11.8 Å². The van der Waals surface area contributed by atoms with Gasteiger partial charge in [0.25, 0.3) is 5.91 Å². The minimum Gasteiger partial charge on any atom is -0.322 e. The monoisotopic (exact) mass is 544 g/mol. The van der Waals surface area contributed by atoms with Crippen molar-refractivity contribution in [1.29, 1.82) is 0 Å². The molecule has 2 aromatic carbocycles. The number of aryl methyl sites for hydroxylation is 1. The van der Waals surface area contributed by atoms with Crippen molar-refractivity contribution in [1.82, 2.24) is 0 Å². The van der Waals surface area contributed by atoms with Crippen LogP contribution in [0.15, 0.2) is 48.5 Å². The molecule has 5 rings (SSSR count). The van der Waals surface area contributed by atoms with Gasteiger partial charge >= 0.3 is 0 Å². The van der Waals surface area contributed by atoms with E-state index in [0.29, 0.717) is 11.3 Å². The molecule has 0 radical (unpaired) electrons. The molecule has 2 aromatic rings. The molecule has 6 atom stereocenters. The van der Waals surface area contributed by atoms with Crippen LogP contribution in [0.25, 0.3) is 0 Å². The molecule has 0 spiro atoms. The van der Waals surface area contributed by atoms with Gasteiger partial charge in [-0.25, -0.2) is 0 Å². The molecule has 0 aromatic heterocycles. The lowest BCUT2D eigenvalue weighted by molar-refractivity contribution is -0.123. The second-order valence-corrected chi connectivity index (χ2v) is 10.6. The summed E-state index contributed by atoms with van der Waals surface area (Å²) in [5.41, 5.74) is 2.71. The van der Waals surface area contributed by atoms with Crippen molar-refractivity contribution < 1.29 is 14.4 Å². The number of halogens is 2. The summed E-state index contributed by atoms with van der Waals surface area (Å²) >= 11 is 7.43. The topological polar surface area (TPSA) is 66.5 Å². The molecule has 3 aliphatic rings. The number of alkyl halides is 2. The van der Waals surface area contributed by atoms with Crippen LogP contribution >= 0.6 is 31.9 Å². The summed E-state index contributed by atoms with van der Waals surface area (Å²) in [6.07, 6.45) is 1.70. The average molecular weight is 546 g/mol. The molecule has 31 heavy (non-hydrogen) atoms. The van der Waals surface area contributed by atoms with Crippen molar-refractivity contribution in [3.05, 3.63) is 59.7 Å². The fourth-order valence-electron chi connectivity index (χ4n) is 5.53. The Morgan fingerprint density at radius 3 is 2.29 bits per heavy atom.